The molecule has 1 unspecified atom stereocenters. The number of benzene rings is 2. The van der Waals surface area contributed by atoms with Gasteiger partial charge in [0.25, 0.3) is 11.8 Å². The van der Waals surface area contributed by atoms with Crippen molar-refractivity contribution < 1.29 is 19.6 Å². The number of nitrogens with one attached hydrogen (secondary N) is 3. The lowest BCUT2D eigenvalue weighted by molar-refractivity contribution is -0.130. The highest BCUT2D eigenvalue weighted by Crippen LogP contribution is 2.10. The fourth-order valence-corrected chi connectivity index (χ4v) is 2.93. The van der Waals surface area contributed by atoms with E-state index in [1.165, 1.54) is 5.48 Å². The molecule has 180 valence electrons. The summed E-state index contributed by atoms with van der Waals surface area (Å²) in [7, 11) is 1.93. The Morgan fingerprint density at radius 3 is 2.09 bits per heavy atom. The molecule has 0 bridgehead atoms. The van der Waals surface area contributed by atoms with Crippen LogP contribution >= 0.6 is 0 Å². The van der Waals surface area contributed by atoms with Crippen LogP contribution in [0, 0.1) is 11.8 Å². The first kappa shape index (κ1) is 26.5. The summed E-state index contributed by atoms with van der Waals surface area (Å²) in [5.41, 5.74) is 9.41. The van der Waals surface area contributed by atoms with Crippen LogP contribution in [0.15, 0.2) is 48.5 Å². The van der Waals surface area contributed by atoms with Crippen molar-refractivity contribution in [1.82, 2.24) is 15.7 Å². The van der Waals surface area contributed by atoms with E-state index in [2.05, 4.69) is 36.3 Å². The second kappa shape index (κ2) is 13.1. The fraction of sp³-hybridized carbons (Fsp3) is 0.320. The van der Waals surface area contributed by atoms with E-state index in [9.17, 15) is 14.4 Å². The third-order valence-electron chi connectivity index (χ3n) is 5.37. The number of nitrogens with zero attached hydrogens (tertiary/aromatic N) is 1. The van der Waals surface area contributed by atoms with E-state index in [4.69, 9.17) is 10.9 Å². The summed E-state index contributed by atoms with van der Waals surface area (Å²) in [6, 6.07) is 13.1. The van der Waals surface area contributed by atoms with Gasteiger partial charge in [-0.05, 0) is 68.9 Å². The van der Waals surface area contributed by atoms with Gasteiger partial charge in [-0.25, -0.2) is 5.48 Å². The Labute approximate surface area is 199 Å². The van der Waals surface area contributed by atoms with E-state index in [1.807, 2.05) is 24.1 Å². The Bertz CT molecular complexity index is 1040. The van der Waals surface area contributed by atoms with Crippen LogP contribution in [0.3, 0.4) is 0 Å². The van der Waals surface area contributed by atoms with E-state index < -0.39 is 17.9 Å². The first-order valence-electron chi connectivity index (χ1n) is 10.9. The van der Waals surface area contributed by atoms with Crippen molar-refractivity contribution in [3.63, 3.8) is 0 Å². The van der Waals surface area contributed by atoms with Crippen molar-refractivity contribution in [3.05, 3.63) is 65.2 Å². The predicted octanol–water partition coefficient (Wildman–Crippen LogP) is 1.32. The number of likely N-dealkylation sites (N-methyl/N-ethyl adjacent to an activating group) is 1. The van der Waals surface area contributed by atoms with E-state index >= 15 is 0 Å². The number of hydrogen-bond donors (Lipinski definition) is 5. The third-order valence-corrected chi connectivity index (χ3v) is 5.37. The molecule has 0 aromatic heterocycles. The Morgan fingerprint density at radius 1 is 1.03 bits per heavy atom. The van der Waals surface area contributed by atoms with Crippen LogP contribution in [0.4, 0.5) is 5.69 Å². The number of rotatable bonds is 9. The first-order valence-corrected chi connectivity index (χ1v) is 10.9. The number of hydrogen-bond acceptors (Lipinski definition) is 6. The highest BCUT2D eigenvalue weighted by Gasteiger charge is 2.19. The van der Waals surface area contributed by atoms with E-state index in [1.54, 1.807) is 36.4 Å². The van der Waals surface area contributed by atoms with E-state index in [0.29, 0.717) is 29.4 Å². The maximum absolute atomic E-state index is 12.2. The average Bonchev–Trinajstić information content (AvgIpc) is 2.85. The second-order valence-electron chi connectivity index (χ2n) is 7.86. The number of hydroxylamine groups is 1. The fourth-order valence-electron chi connectivity index (χ4n) is 2.93. The second-order valence-corrected chi connectivity index (χ2v) is 7.86. The molecule has 0 aliphatic carbocycles. The van der Waals surface area contributed by atoms with Gasteiger partial charge in [0.1, 0.15) is 6.04 Å². The molecule has 6 N–H and O–H groups in total. The molecule has 0 heterocycles. The van der Waals surface area contributed by atoms with E-state index in [-0.39, 0.29) is 12.5 Å². The van der Waals surface area contributed by atoms with Crippen molar-refractivity contribution >= 4 is 23.4 Å². The van der Waals surface area contributed by atoms with Gasteiger partial charge in [0.15, 0.2) is 0 Å². The van der Waals surface area contributed by atoms with Gasteiger partial charge in [-0.3, -0.25) is 24.5 Å². The molecule has 2 aromatic rings. The number of nitrogens with two attached hydrogens (primary N) is 1. The number of anilines is 1. The standard InChI is InChI=1S/C25H31N5O4/c1-4-17(2)30(3)16-23(31)27-21-13-9-19(10-14-21)6-5-18-7-11-20(12-8-18)24(32)28-22(15-26)25(33)29-34/h7-14,17,22,34H,4,15-16,26H2,1-3H3,(H,27,31)(H,28,32)(H,29,33)/t17?,22-/m0/s1. The molecule has 0 aliphatic heterocycles. The number of amides is 3. The van der Waals surface area contributed by atoms with Gasteiger partial charge in [0.2, 0.25) is 5.91 Å². The molecule has 0 fully saturated rings. The minimum absolute atomic E-state index is 0.0689. The Hall–Kier alpha value is -3.71. The van der Waals surface area contributed by atoms with Gasteiger partial charge in [0.05, 0.1) is 6.54 Å². The molecule has 0 spiro atoms. The van der Waals surface area contributed by atoms with Crippen LogP contribution in [0.1, 0.15) is 41.8 Å². The van der Waals surface area contributed by atoms with Gasteiger partial charge < -0.3 is 16.4 Å². The van der Waals surface area contributed by atoms with Gasteiger partial charge in [-0.1, -0.05) is 18.8 Å². The number of carbonyl (C=O) groups is 3. The molecule has 2 rings (SSSR count). The zero-order valence-corrected chi connectivity index (χ0v) is 19.6. The minimum Gasteiger partial charge on any atom is -0.339 e. The average molecular weight is 466 g/mol. The monoisotopic (exact) mass is 465 g/mol. The molecule has 9 heteroatoms. The normalized spacial score (nSPS) is 12.2. The van der Waals surface area contributed by atoms with Crippen LogP contribution < -0.4 is 21.8 Å². The van der Waals surface area contributed by atoms with Crippen LogP contribution in [-0.4, -0.2) is 60.0 Å². The molecule has 2 aromatic carbocycles. The van der Waals surface area contributed by atoms with Gasteiger partial charge >= 0.3 is 0 Å². The lowest BCUT2D eigenvalue weighted by Crippen LogP contribution is -2.50. The largest absolute Gasteiger partial charge is 0.339 e. The maximum Gasteiger partial charge on any atom is 0.267 e. The Morgan fingerprint density at radius 2 is 1.59 bits per heavy atom. The highest BCUT2D eigenvalue weighted by molar-refractivity contribution is 5.97. The Balaban J connectivity index is 1.95. The van der Waals surface area contributed by atoms with Crippen molar-refractivity contribution in [2.24, 2.45) is 5.73 Å². The maximum atomic E-state index is 12.2. The summed E-state index contributed by atoms with van der Waals surface area (Å²) < 4.78 is 0. The van der Waals surface area contributed by atoms with Crippen LogP contribution in [0.5, 0.6) is 0 Å². The van der Waals surface area contributed by atoms with Crippen molar-refractivity contribution in [2.45, 2.75) is 32.4 Å². The SMILES string of the molecule is CCC(C)N(C)CC(=O)Nc1ccc(C#Cc2ccc(C(=O)N[C@@H](CN)C(=O)NO)cc2)cc1. The van der Waals surface area contributed by atoms with Crippen molar-refractivity contribution in [1.29, 1.82) is 0 Å². The molecule has 2 atom stereocenters. The molecule has 0 saturated heterocycles. The minimum atomic E-state index is -1.04. The summed E-state index contributed by atoms with van der Waals surface area (Å²) >= 11 is 0. The molecule has 0 aliphatic rings. The molecule has 34 heavy (non-hydrogen) atoms. The van der Waals surface area contributed by atoms with Crippen molar-refractivity contribution in [2.75, 3.05) is 25.5 Å². The molecule has 0 radical (unpaired) electrons. The zero-order chi connectivity index (χ0) is 25.1. The zero-order valence-electron chi connectivity index (χ0n) is 19.6. The van der Waals surface area contributed by atoms with Crippen LogP contribution in [-0.2, 0) is 9.59 Å². The molecule has 0 saturated carbocycles. The molecule has 3 amide bonds. The lowest BCUT2D eigenvalue weighted by Gasteiger charge is -2.22. The van der Waals surface area contributed by atoms with Gasteiger partial charge in [-0.2, -0.15) is 0 Å². The molecular weight excluding hydrogens is 434 g/mol. The number of carbonyl (C=O) groups excluding carboxylic acids is 3. The van der Waals surface area contributed by atoms with Gasteiger partial charge in [0, 0.05) is 35.0 Å². The summed E-state index contributed by atoms with van der Waals surface area (Å²) in [5.74, 6) is 4.71. The highest BCUT2D eigenvalue weighted by atomic mass is 16.5. The summed E-state index contributed by atoms with van der Waals surface area (Å²) in [6.45, 7) is 4.34. The van der Waals surface area contributed by atoms with Crippen LogP contribution in [0.2, 0.25) is 0 Å². The topological polar surface area (TPSA) is 137 Å². The summed E-state index contributed by atoms with van der Waals surface area (Å²) in [5, 5.41) is 14.0. The molecular formula is C25H31N5O4. The lowest BCUT2D eigenvalue weighted by atomic mass is 10.1. The molecule has 9 nitrogen and oxygen atoms in total. The summed E-state index contributed by atoms with van der Waals surface area (Å²) in [4.78, 5) is 37.9. The van der Waals surface area contributed by atoms with Crippen molar-refractivity contribution in [3.8, 4) is 11.8 Å². The third kappa shape index (κ3) is 8.01. The van der Waals surface area contributed by atoms with Gasteiger partial charge in [-0.15, -0.1) is 0 Å². The summed E-state index contributed by atoms with van der Waals surface area (Å²) in [6.07, 6.45) is 0.977. The van der Waals surface area contributed by atoms with E-state index in [0.717, 1.165) is 12.0 Å². The Kier molecular flexibility index (Phi) is 10.2. The quantitative estimate of drug-likeness (QED) is 0.215. The first-order chi connectivity index (χ1) is 16.3. The van der Waals surface area contributed by atoms with Crippen LogP contribution in [0.25, 0.3) is 0 Å². The smallest absolute Gasteiger partial charge is 0.267 e. The predicted molar refractivity (Wildman–Crippen MR) is 130 cm³/mol.